The van der Waals surface area contributed by atoms with Crippen LogP contribution in [-0.4, -0.2) is 55.4 Å². The molecule has 0 saturated heterocycles. The SMILES string of the molecule is N=c1ccc2c(-c3ccc(C(=O)NCCC(=O)N4Cc5ccccc5C#Cc5ccccc54)cc3C(=O)O)c3ccc(N)c(S(=O)(=O)O)c3oc-2c1S(=O)(=O)O. The number of carbonyl (C=O) groups excluding carboxylic acids is 2. The summed E-state index contributed by atoms with van der Waals surface area (Å²) in [6, 6.07) is 22.7. The van der Waals surface area contributed by atoms with Crippen LogP contribution in [0.3, 0.4) is 0 Å². The summed E-state index contributed by atoms with van der Waals surface area (Å²) in [6.45, 7) is 0.109. The van der Waals surface area contributed by atoms with Crippen LogP contribution < -0.4 is 21.3 Å². The lowest BCUT2D eigenvalue weighted by atomic mass is 9.89. The van der Waals surface area contributed by atoms with Gasteiger partial charge in [0, 0.05) is 46.2 Å². The molecule has 0 bridgehead atoms. The number of amides is 2. The van der Waals surface area contributed by atoms with E-state index < -0.39 is 69.9 Å². The second-order valence-corrected chi connectivity index (χ2v) is 15.3. The van der Waals surface area contributed by atoms with Crippen LogP contribution in [0.2, 0.25) is 0 Å². The zero-order valence-electron chi connectivity index (χ0n) is 28.7. The number of hydrogen-bond acceptors (Lipinski definition) is 10. The standard InChI is InChI=1S/C39H28N4O11S2/c40-29-15-13-26-33(27-14-16-30(41)37(56(51,52)53)35(27)54-34(26)36(29)55(48,49)50)25-12-11-23(19-28(25)39(46)47)38(45)42-18-17-32(44)43-20-24-7-2-1-5-21(24)9-10-22-6-3-4-8-31(22)43/h1-8,11-16,19,40H,17-18,20,41H2,(H,42,45)(H,46,47)(H,48,49,50)(H,51,52,53). The van der Waals surface area contributed by atoms with Gasteiger partial charge in [0.2, 0.25) is 5.91 Å². The number of benzene rings is 5. The van der Waals surface area contributed by atoms with Gasteiger partial charge in [-0.15, -0.1) is 0 Å². The van der Waals surface area contributed by atoms with Crippen LogP contribution in [0.5, 0.6) is 0 Å². The van der Waals surface area contributed by atoms with Crippen LogP contribution in [0.25, 0.3) is 33.4 Å². The van der Waals surface area contributed by atoms with Gasteiger partial charge in [0.05, 0.1) is 28.8 Å². The maximum atomic E-state index is 13.6. The van der Waals surface area contributed by atoms with E-state index in [1.165, 1.54) is 24.3 Å². The highest BCUT2D eigenvalue weighted by atomic mass is 32.2. The molecule has 7 N–H and O–H groups in total. The number of rotatable bonds is 8. The number of carboxylic acid groups (broad SMARTS) is 1. The third kappa shape index (κ3) is 6.85. The average Bonchev–Trinajstić information content (AvgIpc) is 3.13. The van der Waals surface area contributed by atoms with Gasteiger partial charge in [-0.3, -0.25) is 24.1 Å². The Morgan fingerprint density at radius 3 is 2.21 bits per heavy atom. The quantitative estimate of drug-likeness (QED) is 0.0538. The van der Waals surface area contributed by atoms with E-state index in [2.05, 4.69) is 17.2 Å². The van der Waals surface area contributed by atoms with Gasteiger partial charge in [0.1, 0.15) is 0 Å². The molecule has 0 atom stereocenters. The summed E-state index contributed by atoms with van der Waals surface area (Å²) >= 11 is 0. The number of carboxylic acids is 1. The van der Waals surface area contributed by atoms with Crippen molar-refractivity contribution in [3.8, 4) is 34.3 Å². The highest BCUT2D eigenvalue weighted by molar-refractivity contribution is 7.86. The van der Waals surface area contributed by atoms with Crippen molar-refractivity contribution in [2.24, 2.45) is 0 Å². The van der Waals surface area contributed by atoms with Gasteiger partial charge < -0.3 is 25.5 Å². The predicted octanol–water partition coefficient (Wildman–Crippen LogP) is 4.52. The smallest absolute Gasteiger partial charge is 0.336 e. The van der Waals surface area contributed by atoms with Crippen molar-refractivity contribution in [2.45, 2.75) is 22.8 Å². The number of para-hydroxylation sites is 1. The Kier molecular flexibility index (Phi) is 9.44. The number of carbonyl (C=O) groups is 3. The van der Waals surface area contributed by atoms with E-state index in [4.69, 9.17) is 15.6 Å². The van der Waals surface area contributed by atoms with Crippen molar-refractivity contribution in [3.63, 3.8) is 0 Å². The second kappa shape index (κ2) is 14.1. The zero-order valence-corrected chi connectivity index (χ0v) is 30.4. The summed E-state index contributed by atoms with van der Waals surface area (Å²) in [5.74, 6) is 2.94. The van der Waals surface area contributed by atoms with Crippen LogP contribution in [0.1, 0.15) is 43.8 Å². The molecule has 17 heteroatoms. The van der Waals surface area contributed by atoms with E-state index in [-0.39, 0.29) is 53.1 Å². The number of nitrogen functional groups attached to an aromatic ring is 1. The molecule has 56 heavy (non-hydrogen) atoms. The van der Waals surface area contributed by atoms with Crippen molar-refractivity contribution >= 4 is 60.4 Å². The Morgan fingerprint density at radius 2 is 1.50 bits per heavy atom. The summed E-state index contributed by atoms with van der Waals surface area (Å²) in [5, 5.41) is 20.3. The first-order valence-corrected chi connectivity index (χ1v) is 19.4. The molecule has 0 unspecified atom stereocenters. The van der Waals surface area contributed by atoms with Crippen LogP contribution in [0, 0.1) is 17.3 Å². The number of aromatic carboxylic acids is 1. The third-order valence-electron chi connectivity index (χ3n) is 9.09. The van der Waals surface area contributed by atoms with Gasteiger partial charge in [-0.05, 0) is 65.7 Å². The van der Waals surface area contributed by atoms with Crippen molar-refractivity contribution in [2.75, 3.05) is 17.2 Å². The van der Waals surface area contributed by atoms with E-state index in [1.807, 2.05) is 30.3 Å². The molecule has 0 saturated carbocycles. The van der Waals surface area contributed by atoms with Crippen LogP contribution in [-0.2, 0) is 31.6 Å². The number of nitrogens with one attached hydrogen (secondary N) is 2. The second-order valence-electron chi connectivity index (χ2n) is 12.6. The fourth-order valence-electron chi connectivity index (χ4n) is 6.60. The van der Waals surface area contributed by atoms with E-state index in [0.717, 1.165) is 29.3 Å². The van der Waals surface area contributed by atoms with Crippen LogP contribution in [0.4, 0.5) is 11.4 Å². The summed E-state index contributed by atoms with van der Waals surface area (Å²) in [7, 11) is -10.4. The molecular formula is C39H28N4O11S2. The van der Waals surface area contributed by atoms with Gasteiger partial charge in [0.25, 0.3) is 26.1 Å². The molecule has 282 valence electrons. The first-order chi connectivity index (χ1) is 26.5. The third-order valence-corrected chi connectivity index (χ3v) is 11.0. The lowest BCUT2D eigenvalue weighted by molar-refractivity contribution is -0.118. The van der Waals surface area contributed by atoms with Crippen molar-refractivity contribution in [1.29, 1.82) is 5.41 Å². The van der Waals surface area contributed by atoms with E-state index >= 15 is 0 Å². The van der Waals surface area contributed by atoms with Crippen molar-refractivity contribution < 1.29 is 49.8 Å². The Balaban J connectivity index is 1.25. The predicted molar refractivity (Wildman–Crippen MR) is 202 cm³/mol. The maximum absolute atomic E-state index is 13.6. The number of nitrogens with zero attached hydrogens (tertiary/aromatic N) is 1. The molecule has 0 spiro atoms. The van der Waals surface area contributed by atoms with E-state index in [0.29, 0.717) is 11.3 Å². The van der Waals surface area contributed by atoms with Crippen molar-refractivity contribution in [1.82, 2.24) is 5.32 Å². The summed E-state index contributed by atoms with van der Waals surface area (Å²) < 4.78 is 75.7. The minimum absolute atomic E-state index is 0.127. The molecule has 0 radical (unpaired) electrons. The van der Waals surface area contributed by atoms with E-state index in [1.54, 1.807) is 23.1 Å². The monoisotopic (exact) mass is 792 g/mol. The highest BCUT2D eigenvalue weighted by Crippen LogP contribution is 2.45. The van der Waals surface area contributed by atoms with E-state index in [9.17, 15) is 45.4 Å². The molecule has 7 rings (SSSR count). The Bertz CT molecular complexity index is 3000. The van der Waals surface area contributed by atoms with Gasteiger partial charge in [-0.2, -0.15) is 16.8 Å². The maximum Gasteiger partial charge on any atom is 0.336 e. The molecule has 4 aromatic carbocycles. The molecular weight excluding hydrogens is 765 g/mol. The van der Waals surface area contributed by atoms with Crippen LogP contribution >= 0.6 is 0 Å². The largest absolute Gasteiger partial charge is 0.478 e. The molecule has 4 aromatic rings. The molecule has 3 aliphatic rings. The Hall–Kier alpha value is -6.84. The molecule has 2 heterocycles. The minimum Gasteiger partial charge on any atom is -0.478 e. The fourth-order valence-corrected chi connectivity index (χ4v) is 8.09. The summed E-state index contributed by atoms with van der Waals surface area (Å²) in [6.07, 6.45) is -0.127. The highest BCUT2D eigenvalue weighted by Gasteiger charge is 2.32. The molecule has 2 amide bonds. The van der Waals surface area contributed by atoms with Gasteiger partial charge >= 0.3 is 5.97 Å². The number of nitrogens with two attached hydrogens (primary N) is 1. The number of hydrogen-bond donors (Lipinski definition) is 6. The molecule has 2 aliphatic heterocycles. The van der Waals surface area contributed by atoms with Crippen LogP contribution in [0.15, 0.2) is 105 Å². The van der Waals surface area contributed by atoms with Gasteiger partial charge in [-0.25, -0.2) is 4.79 Å². The van der Waals surface area contributed by atoms with Gasteiger partial charge in [-0.1, -0.05) is 48.2 Å². The molecule has 1 aliphatic carbocycles. The van der Waals surface area contributed by atoms with Gasteiger partial charge in [0.15, 0.2) is 21.1 Å². The first kappa shape index (κ1) is 37.5. The first-order valence-electron chi connectivity index (χ1n) is 16.5. The molecule has 0 aromatic heterocycles. The lowest BCUT2D eigenvalue weighted by Crippen LogP contribution is -2.35. The number of anilines is 2. The summed E-state index contributed by atoms with van der Waals surface area (Å²) in [4.78, 5) is 39.4. The normalized spacial score (nSPS) is 12.5. The van der Waals surface area contributed by atoms with Crippen molar-refractivity contribution in [3.05, 3.63) is 124 Å². The Morgan fingerprint density at radius 1 is 0.839 bits per heavy atom. The summed E-state index contributed by atoms with van der Waals surface area (Å²) in [5.41, 5.74) is 6.40. The molecule has 15 nitrogen and oxygen atoms in total. The average molecular weight is 793 g/mol. The molecule has 0 fully saturated rings. The fraction of sp³-hybridized carbons (Fsp3) is 0.0769. The minimum atomic E-state index is -5.21. The number of fused-ring (bicyclic) bond motifs is 4. The zero-order chi connectivity index (χ0) is 40.1. The topological polar surface area (TPSA) is 258 Å². The Labute approximate surface area is 318 Å². The lowest BCUT2D eigenvalue weighted by Gasteiger charge is -2.26.